The zero-order valence-electron chi connectivity index (χ0n) is 10.1. The summed E-state index contributed by atoms with van der Waals surface area (Å²) in [6, 6.07) is 3.98. The van der Waals surface area contributed by atoms with E-state index in [0.717, 1.165) is 0 Å². The molecule has 0 aliphatic heterocycles. The highest BCUT2D eigenvalue weighted by Crippen LogP contribution is 1.94. The Balaban J connectivity index is 3.95. The molecule has 0 aliphatic carbocycles. The van der Waals surface area contributed by atoms with E-state index in [1.807, 2.05) is 12.1 Å². The van der Waals surface area contributed by atoms with Gasteiger partial charge in [0.15, 0.2) is 0 Å². The van der Waals surface area contributed by atoms with Crippen LogP contribution in [0, 0.1) is 22.7 Å². The van der Waals surface area contributed by atoms with Gasteiger partial charge in [0.1, 0.15) is 0 Å². The van der Waals surface area contributed by atoms with Crippen LogP contribution in [0.2, 0.25) is 0 Å². The monoisotopic (exact) mass is 238 g/mol. The summed E-state index contributed by atoms with van der Waals surface area (Å²) in [6.45, 7) is 2.11. The highest BCUT2D eigenvalue weighted by molar-refractivity contribution is 5.78. The lowest BCUT2D eigenvalue weighted by Crippen LogP contribution is -2.40. The number of carbonyl (C=O) groups is 1. The Morgan fingerprint density at radius 3 is 2.35 bits per heavy atom. The van der Waals surface area contributed by atoms with Gasteiger partial charge in [-0.25, -0.2) is 0 Å². The Bertz CT molecular complexity index is 275. The zero-order chi connectivity index (χ0) is 12.9. The third-order valence-electron chi connectivity index (χ3n) is 2.10. The largest absolute Gasteiger partial charge is 0.383 e. The molecule has 0 spiro atoms. The molecule has 6 heteroatoms. The molecule has 0 aromatic rings. The molecule has 1 N–H and O–H groups in total. The van der Waals surface area contributed by atoms with E-state index in [4.69, 9.17) is 15.3 Å². The van der Waals surface area contributed by atoms with Crippen molar-refractivity contribution in [2.75, 3.05) is 39.9 Å². The number of nitrogens with zero attached hydrogens (tertiary/aromatic N) is 3. The smallest absolute Gasteiger partial charge is 0.236 e. The molecule has 0 heterocycles. The fraction of sp³-hybridized carbons (Fsp3) is 0.727. The van der Waals surface area contributed by atoms with Crippen molar-refractivity contribution in [1.29, 1.82) is 10.5 Å². The number of ether oxygens (including phenoxy) is 1. The molecule has 94 valence electrons. The number of hydrogen-bond donors (Lipinski definition) is 1. The minimum atomic E-state index is -0.0911. The van der Waals surface area contributed by atoms with Gasteiger partial charge in [0.05, 0.1) is 38.1 Å². The van der Waals surface area contributed by atoms with Crippen molar-refractivity contribution >= 4 is 5.91 Å². The molecule has 6 nitrogen and oxygen atoms in total. The quantitative estimate of drug-likeness (QED) is 0.565. The Labute approximate surface area is 102 Å². The number of methoxy groups -OCH3 is 1. The van der Waals surface area contributed by atoms with E-state index >= 15 is 0 Å². The number of amides is 1. The third kappa shape index (κ3) is 8.21. The van der Waals surface area contributed by atoms with Crippen molar-refractivity contribution in [2.45, 2.75) is 12.8 Å². The molecule has 0 saturated carbocycles. The van der Waals surface area contributed by atoms with Gasteiger partial charge in [0.25, 0.3) is 0 Å². The maximum atomic E-state index is 11.7. The maximum absolute atomic E-state index is 11.7. The lowest BCUT2D eigenvalue weighted by Gasteiger charge is -2.20. The predicted molar refractivity (Wildman–Crippen MR) is 61.8 cm³/mol. The van der Waals surface area contributed by atoms with Crippen LogP contribution in [0.15, 0.2) is 0 Å². The lowest BCUT2D eigenvalue weighted by molar-refractivity contribution is -0.130. The molecule has 0 radical (unpaired) electrons. The van der Waals surface area contributed by atoms with Crippen LogP contribution in [0.5, 0.6) is 0 Å². The molecule has 0 fully saturated rings. The van der Waals surface area contributed by atoms with Crippen molar-refractivity contribution in [1.82, 2.24) is 10.2 Å². The van der Waals surface area contributed by atoms with Crippen molar-refractivity contribution in [3.8, 4) is 12.1 Å². The van der Waals surface area contributed by atoms with Crippen molar-refractivity contribution in [2.24, 2.45) is 0 Å². The molecular formula is C11H18N4O2. The predicted octanol–water partition coefficient (Wildman–Crippen LogP) is -0.122. The van der Waals surface area contributed by atoms with Gasteiger partial charge < -0.3 is 15.0 Å². The summed E-state index contributed by atoms with van der Waals surface area (Å²) >= 11 is 0. The first-order valence-corrected chi connectivity index (χ1v) is 5.47. The second-order valence-electron chi connectivity index (χ2n) is 3.37. The molecule has 0 unspecified atom stereocenters. The average molecular weight is 238 g/mol. The van der Waals surface area contributed by atoms with Gasteiger partial charge >= 0.3 is 0 Å². The summed E-state index contributed by atoms with van der Waals surface area (Å²) in [7, 11) is 1.59. The third-order valence-corrected chi connectivity index (χ3v) is 2.10. The van der Waals surface area contributed by atoms with Gasteiger partial charge in [-0.05, 0) is 0 Å². The zero-order valence-corrected chi connectivity index (χ0v) is 10.1. The summed E-state index contributed by atoms with van der Waals surface area (Å²) in [4.78, 5) is 13.3. The number of nitrogens with one attached hydrogen (secondary N) is 1. The van der Waals surface area contributed by atoms with Crippen LogP contribution in [0.4, 0.5) is 0 Å². The number of hydrogen-bond acceptors (Lipinski definition) is 5. The van der Waals surface area contributed by atoms with Crippen LogP contribution < -0.4 is 5.32 Å². The van der Waals surface area contributed by atoms with E-state index in [1.54, 1.807) is 7.11 Å². The molecule has 0 atom stereocenters. The topological polar surface area (TPSA) is 89.2 Å². The Hall–Kier alpha value is -1.63. The summed E-state index contributed by atoms with van der Waals surface area (Å²) in [5.41, 5.74) is 0. The molecule has 1 amide bonds. The number of nitriles is 2. The number of rotatable bonds is 9. The second kappa shape index (κ2) is 10.9. The van der Waals surface area contributed by atoms with Gasteiger partial charge in [0, 0.05) is 26.7 Å². The molecule has 0 rings (SSSR count). The Morgan fingerprint density at radius 1 is 1.29 bits per heavy atom. The van der Waals surface area contributed by atoms with E-state index in [1.165, 1.54) is 4.90 Å². The summed E-state index contributed by atoms with van der Waals surface area (Å²) in [5, 5.41) is 19.9. The minimum absolute atomic E-state index is 0.0911. The van der Waals surface area contributed by atoms with Crippen molar-refractivity contribution < 1.29 is 9.53 Å². The highest BCUT2D eigenvalue weighted by Gasteiger charge is 2.11. The summed E-state index contributed by atoms with van der Waals surface area (Å²) in [5.74, 6) is -0.0911. The molecular weight excluding hydrogens is 220 g/mol. The van der Waals surface area contributed by atoms with Crippen molar-refractivity contribution in [3.05, 3.63) is 0 Å². The normalized spacial score (nSPS) is 9.35. The second-order valence-corrected chi connectivity index (χ2v) is 3.37. The van der Waals surface area contributed by atoms with Gasteiger partial charge in [-0.15, -0.1) is 0 Å². The van der Waals surface area contributed by atoms with Crippen molar-refractivity contribution in [3.63, 3.8) is 0 Å². The minimum Gasteiger partial charge on any atom is -0.383 e. The molecule has 0 saturated heterocycles. The van der Waals surface area contributed by atoms with E-state index in [0.29, 0.717) is 26.2 Å². The lowest BCUT2D eigenvalue weighted by atomic mass is 10.3. The standard InChI is InChI=1S/C11H18N4O2/c1-17-9-6-14-10-11(16)15(7-2-4-12)8-3-5-13/h14H,2-3,6-10H2,1H3. The highest BCUT2D eigenvalue weighted by atomic mass is 16.5. The van der Waals surface area contributed by atoms with Gasteiger partial charge in [-0.2, -0.15) is 10.5 Å². The van der Waals surface area contributed by atoms with Crippen LogP contribution in [-0.4, -0.2) is 50.7 Å². The average Bonchev–Trinajstić information content (AvgIpc) is 2.34. The van der Waals surface area contributed by atoms with Crippen LogP contribution in [0.3, 0.4) is 0 Å². The first-order valence-electron chi connectivity index (χ1n) is 5.47. The summed E-state index contributed by atoms with van der Waals surface area (Å²) in [6.07, 6.45) is 0.574. The van der Waals surface area contributed by atoms with E-state index in [-0.39, 0.29) is 25.3 Å². The fourth-order valence-corrected chi connectivity index (χ4v) is 1.21. The van der Waals surface area contributed by atoms with Crippen LogP contribution in [0.25, 0.3) is 0 Å². The Morgan fingerprint density at radius 2 is 1.88 bits per heavy atom. The van der Waals surface area contributed by atoms with Crippen LogP contribution in [0.1, 0.15) is 12.8 Å². The van der Waals surface area contributed by atoms with Gasteiger partial charge in [-0.1, -0.05) is 0 Å². The first-order chi connectivity index (χ1) is 8.26. The Kier molecular flexibility index (Phi) is 9.83. The fourth-order valence-electron chi connectivity index (χ4n) is 1.21. The molecule has 0 bridgehead atoms. The van der Waals surface area contributed by atoms with Gasteiger partial charge in [0.2, 0.25) is 5.91 Å². The molecule has 0 aliphatic rings. The van der Waals surface area contributed by atoms with E-state index in [9.17, 15) is 4.79 Å². The summed E-state index contributed by atoms with van der Waals surface area (Å²) < 4.78 is 4.84. The van der Waals surface area contributed by atoms with Crippen LogP contribution in [-0.2, 0) is 9.53 Å². The van der Waals surface area contributed by atoms with E-state index < -0.39 is 0 Å². The van der Waals surface area contributed by atoms with Crippen LogP contribution >= 0.6 is 0 Å². The molecule has 17 heavy (non-hydrogen) atoms. The maximum Gasteiger partial charge on any atom is 0.236 e. The molecule has 0 aromatic carbocycles. The SMILES string of the molecule is COCCNCC(=O)N(CCC#N)CCC#N. The first kappa shape index (κ1) is 15.4. The molecule has 0 aromatic heterocycles. The van der Waals surface area contributed by atoms with Gasteiger partial charge in [-0.3, -0.25) is 4.79 Å². The number of carbonyl (C=O) groups excluding carboxylic acids is 1. The van der Waals surface area contributed by atoms with E-state index in [2.05, 4.69) is 5.32 Å².